The van der Waals surface area contributed by atoms with E-state index >= 15 is 0 Å². The van der Waals surface area contributed by atoms with Crippen molar-refractivity contribution in [1.82, 2.24) is 0 Å². The summed E-state index contributed by atoms with van der Waals surface area (Å²) in [6.07, 6.45) is 0. The van der Waals surface area contributed by atoms with Crippen molar-refractivity contribution < 1.29 is 23.1 Å². The second-order valence-corrected chi connectivity index (χ2v) is 6.75. The van der Waals surface area contributed by atoms with Crippen molar-refractivity contribution in [1.29, 1.82) is 0 Å². The summed E-state index contributed by atoms with van der Waals surface area (Å²) in [6.45, 7) is 6.60. The summed E-state index contributed by atoms with van der Waals surface area (Å²) >= 11 is 0. The molecule has 15 heavy (non-hydrogen) atoms. The van der Waals surface area contributed by atoms with Crippen LogP contribution in [-0.4, -0.2) is 42.7 Å². The van der Waals surface area contributed by atoms with E-state index in [1.807, 2.05) is 0 Å². The van der Waals surface area contributed by atoms with E-state index in [0.717, 1.165) is 6.92 Å². The number of ether oxygens (including phenoxy) is 1. The highest BCUT2D eigenvalue weighted by Crippen LogP contribution is 2.08. The van der Waals surface area contributed by atoms with E-state index in [9.17, 15) is 13.2 Å². The molecule has 0 aliphatic heterocycles. The highest BCUT2D eigenvalue weighted by Gasteiger charge is 2.27. The van der Waals surface area contributed by atoms with Crippen LogP contribution in [0, 0.1) is 0 Å². The molecule has 0 saturated heterocycles. The Morgan fingerprint density at radius 1 is 1.40 bits per heavy atom. The molecule has 0 heterocycles. The molecular weight excluding hydrogens is 220 g/mol. The van der Waals surface area contributed by atoms with Crippen LogP contribution in [0.4, 0.5) is 0 Å². The van der Waals surface area contributed by atoms with Crippen LogP contribution < -0.4 is 0 Å². The van der Waals surface area contributed by atoms with Gasteiger partial charge in [-0.25, -0.2) is 8.42 Å². The smallest absolute Gasteiger partial charge is 0.321 e. The van der Waals surface area contributed by atoms with Gasteiger partial charge in [0.25, 0.3) is 0 Å². The lowest BCUT2D eigenvalue weighted by molar-refractivity contribution is -0.136. The average Bonchev–Trinajstić information content (AvgIpc) is 1.99. The maximum atomic E-state index is 11.4. The summed E-state index contributed by atoms with van der Waals surface area (Å²) < 4.78 is 28.0. The molecule has 0 bridgehead atoms. The van der Waals surface area contributed by atoms with Gasteiger partial charge in [-0.1, -0.05) is 0 Å². The molecule has 0 spiro atoms. The summed E-state index contributed by atoms with van der Waals surface area (Å²) in [7, 11) is -3.61. The maximum Gasteiger partial charge on any atom is 0.321 e. The molecule has 0 aliphatic carbocycles. The van der Waals surface area contributed by atoms with Gasteiger partial charge in [0.1, 0.15) is 0 Å². The van der Waals surface area contributed by atoms with Crippen molar-refractivity contribution in [3.8, 4) is 0 Å². The first-order chi connectivity index (χ1) is 6.56. The van der Waals surface area contributed by atoms with Crippen LogP contribution in [-0.2, 0) is 19.4 Å². The van der Waals surface area contributed by atoms with E-state index in [0.29, 0.717) is 0 Å². The standard InChI is InChI=1S/C9H18O5S/c1-7(8(10)11)15(12,13)6-5-14-9(2,3)4/h7H,5-6H2,1-4H3,(H,10,11). The molecule has 0 aromatic rings. The molecule has 0 aromatic heterocycles. The Bertz CT molecular complexity index is 312. The predicted octanol–water partition coefficient (Wildman–Crippen LogP) is 0.689. The second kappa shape index (κ2) is 4.94. The van der Waals surface area contributed by atoms with Crippen LogP contribution in [0.3, 0.4) is 0 Å². The minimum Gasteiger partial charge on any atom is -0.480 e. The van der Waals surface area contributed by atoms with Crippen molar-refractivity contribution >= 4 is 15.8 Å². The maximum absolute atomic E-state index is 11.4. The molecule has 1 N–H and O–H groups in total. The monoisotopic (exact) mass is 238 g/mol. The molecule has 0 aromatic carbocycles. The van der Waals surface area contributed by atoms with E-state index in [1.165, 1.54) is 0 Å². The number of hydrogen-bond acceptors (Lipinski definition) is 4. The van der Waals surface area contributed by atoms with Crippen LogP contribution in [0.25, 0.3) is 0 Å². The first kappa shape index (κ1) is 14.4. The summed E-state index contributed by atoms with van der Waals surface area (Å²) in [6, 6.07) is 0. The lowest BCUT2D eigenvalue weighted by Crippen LogP contribution is -2.32. The Morgan fingerprint density at radius 2 is 1.87 bits per heavy atom. The van der Waals surface area contributed by atoms with Crippen molar-refractivity contribution in [2.45, 2.75) is 38.5 Å². The van der Waals surface area contributed by atoms with Gasteiger partial charge >= 0.3 is 5.97 Å². The van der Waals surface area contributed by atoms with Crippen molar-refractivity contribution in [3.05, 3.63) is 0 Å². The van der Waals surface area contributed by atoms with Gasteiger partial charge in [-0.15, -0.1) is 0 Å². The molecule has 0 radical (unpaired) electrons. The minimum atomic E-state index is -3.61. The fourth-order valence-electron chi connectivity index (χ4n) is 0.794. The fourth-order valence-corrected chi connectivity index (χ4v) is 1.77. The molecule has 6 heteroatoms. The van der Waals surface area contributed by atoms with Crippen molar-refractivity contribution in [2.75, 3.05) is 12.4 Å². The first-order valence-electron chi connectivity index (χ1n) is 4.64. The average molecular weight is 238 g/mol. The quantitative estimate of drug-likeness (QED) is 0.762. The normalized spacial score (nSPS) is 14.9. The van der Waals surface area contributed by atoms with E-state index < -0.39 is 26.7 Å². The Labute approximate surface area is 90.4 Å². The van der Waals surface area contributed by atoms with Gasteiger partial charge in [0, 0.05) is 0 Å². The molecule has 0 aliphatic rings. The molecule has 90 valence electrons. The van der Waals surface area contributed by atoms with Gasteiger partial charge < -0.3 is 9.84 Å². The summed E-state index contributed by atoms with van der Waals surface area (Å²) in [5.41, 5.74) is -0.415. The topological polar surface area (TPSA) is 80.7 Å². The summed E-state index contributed by atoms with van der Waals surface area (Å²) in [5.74, 6) is -1.59. The number of rotatable bonds is 5. The molecule has 1 atom stereocenters. The van der Waals surface area contributed by atoms with Gasteiger partial charge in [0.05, 0.1) is 18.0 Å². The Kier molecular flexibility index (Phi) is 4.73. The Balaban J connectivity index is 4.24. The largest absolute Gasteiger partial charge is 0.480 e. The van der Waals surface area contributed by atoms with Crippen LogP contribution in [0.15, 0.2) is 0 Å². The molecule has 0 fully saturated rings. The van der Waals surface area contributed by atoms with Crippen LogP contribution >= 0.6 is 0 Å². The third-order valence-electron chi connectivity index (χ3n) is 1.79. The van der Waals surface area contributed by atoms with Crippen LogP contribution in [0.5, 0.6) is 0 Å². The number of carbonyl (C=O) groups is 1. The molecular formula is C9H18O5S. The van der Waals surface area contributed by atoms with Gasteiger partial charge in [0.2, 0.25) is 0 Å². The predicted molar refractivity (Wildman–Crippen MR) is 56.6 cm³/mol. The molecule has 5 nitrogen and oxygen atoms in total. The Hall–Kier alpha value is -0.620. The zero-order valence-corrected chi connectivity index (χ0v) is 10.3. The van der Waals surface area contributed by atoms with Crippen molar-refractivity contribution in [2.24, 2.45) is 0 Å². The van der Waals surface area contributed by atoms with Gasteiger partial charge in [-0.2, -0.15) is 0 Å². The molecule has 0 amide bonds. The molecule has 0 saturated carbocycles. The molecule has 0 rings (SSSR count). The van der Waals surface area contributed by atoms with E-state index in [1.54, 1.807) is 20.8 Å². The number of carboxylic acid groups (broad SMARTS) is 1. The van der Waals surface area contributed by atoms with Gasteiger partial charge in [-0.05, 0) is 27.7 Å². The van der Waals surface area contributed by atoms with Gasteiger partial charge in [0.15, 0.2) is 15.1 Å². The second-order valence-electron chi connectivity index (χ2n) is 4.31. The number of aliphatic carboxylic acids is 1. The van der Waals surface area contributed by atoms with E-state index in [-0.39, 0.29) is 12.4 Å². The zero-order chi connectivity index (χ0) is 12.3. The fraction of sp³-hybridized carbons (Fsp3) is 0.889. The van der Waals surface area contributed by atoms with E-state index in [4.69, 9.17) is 9.84 Å². The Morgan fingerprint density at radius 3 is 2.20 bits per heavy atom. The highest BCUT2D eigenvalue weighted by atomic mass is 32.2. The minimum absolute atomic E-state index is 0.0173. The third-order valence-corrected chi connectivity index (χ3v) is 3.80. The highest BCUT2D eigenvalue weighted by molar-refractivity contribution is 7.92. The van der Waals surface area contributed by atoms with Gasteiger partial charge in [-0.3, -0.25) is 4.79 Å². The number of sulfone groups is 1. The summed E-state index contributed by atoms with van der Waals surface area (Å²) in [4.78, 5) is 10.5. The van der Waals surface area contributed by atoms with E-state index in [2.05, 4.69) is 0 Å². The molecule has 1 unspecified atom stereocenters. The third kappa shape index (κ3) is 5.74. The zero-order valence-electron chi connectivity index (χ0n) is 9.48. The summed E-state index contributed by atoms with van der Waals surface area (Å²) in [5, 5.41) is 7.18. The lowest BCUT2D eigenvalue weighted by Gasteiger charge is -2.19. The van der Waals surface area contributed by atoms with Crippen LogP contribution in [0.2, 0.25) is 0 Å². The SMILES string of the molecule is CC(C(=O)O)S(=O)(=O)CCOC(C)(C)C. The van der Waals surface area contributed by atoms with Crippen molar-refractivity contribution in [3.63, 3.8) is 0 Å². The first-order valence-corrected chi connectivity index (χ1v) is 6.36. The number of hydrogen-bond donors (Lipinski definition) is 1. The lowest BCUT2D eigenvalue weighted by atomic mass is 10.2. The van der Waals surface area contributed by atoms with Crippen LogP contribution in [0.1, 0.15) is 27.7 Å². The number of carboxylic acids is 1.